The smallest absolute Gasteiger partial charge is 0.282 e. The molecule has 0 amide bonds. The summed E-state index contributed by atoms with van der Waals surface area (Å²) in [5.41, 5.74) is 0.434. The molecule has 25 heavy (non-hydrogen) atoms. The molecule has 0 aliphatic carbocycles. The fourth-order valence-corrected chi connectivity index (χ4v) is 3.15. The van der Waals surface area contributed by atoms with E-state index in [1.54, 1.807) is 0 Å². The highest BCUT2D eigenvalue weighted by atomic mass is 19.1. The van der Waals surface area contributed by atoms with Crippen LogP contribution in [-0.2, 0) is 15.9 Å². The van der Waals surface area contributed by atoms with Crippen LogP contribution in [0.1, 0.15) is 63.9 Å². The zero-order chi connectivity index (χ0) is 18.7. The fourth-order valence-electron chi connectivity index (χ4n) is 3.15. The molecule has 0 saturated carbocycles. The summed E-state index contributed by atoms with van der Waals surface area (Å²) in [5, 5.41) is 10.5. The van der Waals surface area contributed by atoms with E-state index in [1.165, 1.54) is 52.0 Å². The van der Waals surface area contributed by atoms with Gasteiger partial charge in [-0.05, 0) is 30.9 Å². The molecule has 144 valence electrons. The Morgan fingerprint density at radius 3 is 2.24 bits per heavy atom. The first kappa shape index (κ1) is 22.0. The normalized spacial score (nSPS) is 13.2. The first-order valence-corrected chi connectivity index (χ1v) is 9.23. The zero-order valence-electron chi connectivity index (χ0n) is 15.7. The lowest BCUT2D eigenvalue weighted by atomic mass is 9.91. The van der Waals surface area contributed by atoms with Gasteiger partial charge < -0.3 is 14.6 Å². The number of rotatable bonds is 13. The number of unbranched alkanes of at least 4 members (excludes halogenated alkanes) is 5. The molecule has 0 bridgehead atoms. The van der Waals surface area contributed by atoms with Gasteiger partial charge in [-0.25, -0.2) is 8.78 Å². The molecule has 0 aliphatic rings. The predicted molar refractivity (Wildman–Crippen MR) is 95.1 cm³/mol. The monoisotopic (exact) mass is 358 g/mol. The van der Waals surface area contributed by atoms with E-state index in [9.17, 15) is 13.9 Å². The molecular weight excluding hydrogens is 326 g/mol. The van der Waals surface area contributed by atoms with Crippen LogP contribution in [0.4, 0.5) is 8.78 Å². The van der Waals surface area contributed by atoms with E-state index in [0.29, 0.717) is 18.4 Å². The Morgan fingerprint density at radius 2 is 1.64 bits per heavy atom. The Labute approximate surface area is 150 Å². The molecule has 1 aromatic carbocycles. The molecule has 0 radical (unpaired) electrons. The third kappa shape index (κ3) is 7.38. The molecular formula is C20H32F2O3. The molecule has 0 aliphatic heterocycles. The number of hydrogen-bond donors (Lipinski definition) is 1. The molecule has 1 N–H and O–H groups in total. The summed E-state index contributed by atoms with van der Waals surface area (Å²) in [4.78, 5) is 0. The molecule has 1 atom stereocenters. The number of halogens is 2. The second-order valence-corrected chi connectivity index (χ2v) is 6.57. The van der Waals surface area contributed by atoms with Crippen LogP contribution >= 0.6 is 0 Å². The highest BCUT2D eigenvalue weighted by Crippen LogP contribution is 2.30. The number of hydrogen-bond acceptors (Lipinski definition) is 3. The summed E-state index contributed by atoms with van der Waals surface area (Å²) in [7, 11) is 2.80. The Bertz CT molecular complexity index is 490. The molecule has 0 aromatic heterocycles. The molecule has 3 nitrogen and oxygen atoms in total. The lowest BCUT2D eigenvalue weighted by Crippen LogP contribution is -2.42. The van der Waals surface area contributed by atoms with Crippen LogP contribution in [0, 0.1) is 17.6 Å². The van der Waals surface area contributed by atoms with Gasteiger partial charge in [0.1, 0.15) is 11.6 Å². The Morgan fingerprint density at radius 1 is 1.00 bits per heavy atom. The number of aliphatic hydroxyl groups is 1. The fraction of sp³-hybridized carbons (Fsp3) is 0.700. The average Bonchev–Trinajstić information content (AvgIpc) is 2.61. The minimum absolute atomic E-state index is 0.280. The van der Waals surface area contributed by atoms with Gasteiger partial charge in [0, 0.05) is 26.2 Å². The molecule has 0 heterocycles. The number of aryl methyl sites for hydroxylation is 1. The van der Waals surface area contributed by atoms with Gasteiger partial charge in [-0.15, -0.1) is 0 Å². The van der Waals surface area contributed by atoms with Gasteiger partial charge in [0.15, 0.2) is 0 Å². The molecule has 1 aromatic rings. The highest BCUT2D eigenvalue weighted by molar-refractivity contribution is 5.18. The maximum absolute atomic E-state index is 13.8. The number of benzene rings is 1. The van der Waals surface area contributed by atoms with Gasteiger partial charge in [-0.2, -0.15) is 0 Å². The highest BCUT2D eigenvalue weighted by Gasteiger charge is 2.36. The summed E-state index contributed by atoms with van der Waals surface area (Å²) in [6, 6.07) is 3.59. The second-order valence-electron chi connectivity index (χ2n) is 6.57. The Hall–Kier alpha value is -1.04. The maximum Gasteiger partial charge on any atom is 0.282 e. The van der Waals surface area contributed by atoms with E-state index in [0.717, 1.165) is 25.3 Å². The van der Waals surface area contributed by atoms with Crippen LogP contribution in [0.2, 0.25) is 0 Å². The minimum atomic E-state index is -1.68. The van der Waals surface area contributed by atoms with Crippen LogP contribution in [0.15, 0.2) is 18.2 Å². The zero-order valence-corrected chi connectivity index (χ0v) is 15.7. The molecule has 0 saturated heterocycles. The lowest BCUT2D eigenvalue weighted by Gasteiger charge is -2.33. The molecule has 0 spiro atoms. The Kier molecular flexibility index (Phi) is 10.2. The summed E-state index contributed by atoms with van der Waals surface area (Å²) >= 11 is 0. The largest absolute Gasteiger partial charge is 0.343 e. The van der Waals surface area contributed by atoms with Gasteiger partial charge >= 0.3 is 0 Å². The van der Waals surface area contributed by atoms with Crippen LogP contribution < -0.4 is 0 Å². The van der Waals surface area contributed by atoms with Crippen molar-refractivity contribution in [1.29, 1.82) is 0 Å². The van der Waals surface area contributed by atoms with Crippen molar-refractivity contribution in [2.75, 3.05) is 14.2 Å². The van der Waals surface area contributed by atoms with Crippen molar-refractivity contribution < 1.29 is 23.4 Å². The standard InChI is InChI=1S/C20H32F2O3/c1-4-5-6-7-8-9-10-17(20(23,24-2)25-3)13-11-16-12-14-18(21)15-19(16)22/h12,14-15,17,23H,4-11,13H2,1-3H3. The number of ether oxygens (including phenoxy) is 2. The van der Waals surface area contributed by atoms with Crippen LogP contribution in [0.3, 0.4) is 0 Å². The van der Waals surface area contributed by atoms with Crippen molar-refractivity contribution in [1.82, 2.24) is 0 Å². The minimum Gasteiger partial charge on any atom is -0.343 e. The van der Waals surface area contributed by atoms with Crippen LogP contribution in [-0.4, -0.2) is 25.3 Å². The van der Waals surface area contributed by atoms with Crippen molar-refractivity contribution >= 4 is 0 Å². The van der Waals surface area contributed by atoms with E-state index in [1.807, 2.05) is 0 Å². The quantitative estimate of drug-likeness (QED) is 0.389. The first-order valence-electron chi connectivity index (χ1n) is 9.23. The van der Waals surface area contributed by atoms with Gasteiger partial charge in [-0.1, -0.05) is 51.5 Å². The average molecular weight is 358 g/mol. The van der Waals surface area contributed by atoms with Gasteiger partial charge in [0.2, 0.25) is 0 Å². The summed E-state index contributed by atoms with van der Waals surface area (Å²) < 4.78 is 37.2. The van der Waals surface area contributed by atoms with Gasteiger partial charge in [-0.3, -0.25) is 0 Å². The third-order valence-corrected chi connectivity index (χ3v) is 4.78. The third-order valence-electron chi connectivity index (χ3n) is 4.78. The maximum atomic E-state index is 13.8. The van der Waals surface area contributed by atoms with E-state index >= 15 is 0 Å². The van der Waals surface area contributed by atoms with E-state index in [2.05, 4.69) is 6.92 Å². The number of methoxy groups -OCH3 is 2. The van der Waals surface area contributed by atoms with Crippen molar-refractivity contribution in [2.24, 2.45) is 5.92 Å². The summed E-state index contributed by atoms with van der Waals surface area (Å²) in [6.07, 6.45) is 8.50. The van der Waals surface area contributed by atoms with Gasteiger partial charge in [0.25, 0.3) is 5.97 Å². The van der Waals surface area contributed by atoms with Crippen molar-refractivity contribution in [3.05, 3.63) is 35.4 Å². The topological polar surface area (TPSA) is 38.7 Å². The SMILES string of the molecule is CCCCCCCCC(CCc1ccc(F)cc1F)C(O)(OC)OC. The molecule has 1 rings (SSSR count). The molecule has 0 fully saturated rings. The van der Waals surface area contributed by atoms with Crippen LogP contribution in [0.25, 0.3) is 0 Å². The lowest BCUT2D eigenvalue weighted by molar-refractivity contribution is -0.369. The van der Waals surface area contributed by atoms with Crippen LogP contribution in [0.5, 0.6) is 0 Å². The predicted octanol–water partition coefficient (Wildman–Crippen LogP) is 5.20. The summed E-state index contributed by atoms with van der Waals surface area (Å²) in [5.74, 6) is -3.11. The van der Waals surface area contributed by atoms with E-state index in [4.69, 9.17) is 9.47 Å². The molecule has 5 heteroatoms. The first-order chi connectivity index (χ1) is 12.0. The van der Waals surface area contributed by atoms with Crippen molar-refractivity contribution in [2.45, 2.75) is 70.7 Å². The van der Waals surface area contributed by atoms with Crippen molar-refractivity contribution in [3.8, 4) is 0 Å². The Balaban J connectivity index is 2.61. The summed E-state index contributed by atoms with van der Waals surface area (Å²) in [6.45, 7) is 2.18. The van der Waals surface area contributed by atoms with E-state index < -0.39 is 17.6 Å². The second kappa shape index (κ2) is 11.6. The van der Waals surface area contributed by atoms with Gasteiger partial charge in [0.05, 0.1) is 0 Å². The molecule has 1 unspecified atom stereocenters. The van der Waals surface area contributed by atoms with E-state index in [-0.39, 0.29) is 5.92 Å². The van der Waals surface area contributed by atoms with Crippen molar-refractivity contribution in [3.63, 3.8) is 0 Å².